The van der Waals surface area contributed by atoms with Crippen LogP contribution in [0.2, 0.25) is 0 Å². The number of hydrogen-bond donors (Lipinski definition) is 3. The number of nitrogens with one attached hydrogen (secondary N) is 3. The van der Waals surface area contributed by atoms with Gasteiger partial charge in [-0.3, -0.25) is 9.59 Å². The van der Waals surface area contributed by atoms with Crippen LogP contribution < -0.4 is 10.6 Å². The van der Waals surface area contributed by atoms with Crippen LogP contribution in [0.3, 0.4) is 0 Å². The van der Waals surface area contributed by atoms with Gasteiger partial charge in [0.05, 0.1) is 17.5 Å². The molecule has 7 nitrogen and oxygen atoms in total. The number of H-pyrrole nitrogens is 1. The highest BCUT2D eigenvalue weighted by Gasteiger charge is 2.16. The van der Waals surface area contributed by atoms with E-state index in [4.69, 9.17) is 0 Å². The van der Waals surface area contributed by atoms with Crippen molar-refractivity contribution in [3.05, 3.63) is 54.9 Å². The Morgan fingerprint density at radius 1 is 1.31 bits per heavy atom. The summed E-state index contributed by atoms with van der Waals surface area (Å²) in [5, 5.41) is 5.56. The topological polar surface area (TPSA) is 99.8 Å². The quantitative estimate of drug-likeness (QED) is 0.617. The van der Waals surface area contributed by atoms with Gasteiger partial charge in [-0.2, -0.15) is 0 Å². The molecule has 3 rings (SSSR count). The maximum atomic E-state index is 12.3. The van der Waals surface area contributed by atoms with E-state index in [9.17, 15) is 9.59 Å². The number of nitrogens with zero attached hydrogens (tertiary/aromatic N) is 2. The second-order valence-electron chi connectivity index (χ2n) is 6.06. The predicted octanol–water partition coefficient (Wildman–Crippen LogP) is 2.89. The van der Waals surface area contributed by atoms with Gasteiger partial charge in [-0.15, -0.1) is 0 Å². The molecule has 0 saturated carbocycles. The molecule has 0 radical (unpaired) electrons. The molecule has 0 aliphatic heterocycles. The molecule has 0 spiro atoms. The van der Waals surface area contributed by atoms with Crippen LogP contribution in [0.1, 0.15) is 24.2 Å². The number of carbonyl (C=O) groups excluding carboxylic acids is 2. The van der Waals surface area contributed by atoms with Crippen molar-refractivity contribution < 1.29 is 9.59 Å². The zero-order chi connectivity index (χ0) is 18.7. The van der Waals surface area contributed by atoms with Crippen molar-refractivity contribution >= 4 is 28.7 Å². The molecule has 0 fully saturated rings. The summed E-state index contributed by atoms with van der Waals surface area (Å²) in [4.78, 5) is 35.7. The summed E-state index contributed by atoms with van der Waals surface area (Å²) < 4.78 is 0. The lowest BCUT2D eigenvalue weighted by atomic mass is 10.1. The Morgan fingerprint density at radius 2 is 2.12 bits per heavy atom. The monoisotopic (exact) mass is 349 g/mol. The van der Waals surface area contributed by atoms with E-state index in [0.717, 1.165) is 5.56 Å². The van der Waals surface area contributed by atoms with Crippen molar-refractivity contribution in [3.63, 3.8) is 0 Å². The minimum atomic E-state index is -0.290. The van der Waals surface area contributed by atoms with Gasteiger partial charge in [0.15, 0.2) is 5.65 Å². The molecule has 3 N–H and O–H groups in total. The van der Waals surface area contributed by atoms with Crippen molar-refractivity contribution in [3.8, 4) is 11.3 Å². The number of anilines is 1. The van der Waals surface area contributed by atoms with Crippen molar-refractivity contribution in [2.45, 2.75) is 19.9 Å². The van der Waals surface area contributed by atoms with E-state index in [0.29, 0.717) is 28.1 Å². The zero-order valence-electron chi connectivity index (χ0n) is 14.5. The molecule has 3 aromatic rings. The van der Waals surface area contributed by atoms with Crippen molar-refractivity contribution in [1.82, 2.24) is 20.3 Å². The number of rotatable bonds is 5. The van der Waals surface area contributed by atoms with Gasteiger partial charge < -0.3 is 15.6 Å². The van der Waals surface area contributed by atoms with E-state index in [1.54, 1.807) is 24.5 Å². The van der Waals surface area contributed by atoms with Crippen LogP contribution in [0.15, 0.2) is 49.3 Å². The molecule has 2 heterocycles. The predicted molar refractivity (Wildman–Crippen MR) is 101 cm³/mol. The zero-order valence-corrected chi connectivity index (χ0v) is 14.5. The highest BCUT2D eigenvalue weighted by molar-refractivity contribution is 6.05. The first kappa shape index (κ1) is 17.3. The summed E-state index contributed by atoms with van der Waals surface area (Å²) in [5.74, 6) is -0.494. The Kier molecular flexibility index (Phi) is 4.79. The van der Waals surface area contributed by atoms with E-state index in [1.807, 2.05) is 26.0 Å². The molecule has 0 unspecified atom stereocenters. The van der Waals surface area contributed by atoms with Gasteiger partial charge in [0.25, 0.3) is 5.91 Å². The first-order chi connectivity index (χ1) is 12.5. The van der Waals surface area contributed by atoms with Crippen LogP contribution in [-0.4, -0.2) is 32.8 Å². The average Bonchev–Trinajstić information content (AvgIpc) is 3.04. The number of fused-ring (bicyclic) bond motifs is 1. The smallest absolute Gasteiger partial charge is 0.255 e. The average molecular weight is 349 g/mol. The Labute approximate surface area is 150 Å². The number of benzene rings is 1. The van der Waals surface area contributed by atoms with Crippen LogP contribution in [-0.2, 0) is 4.79 Å². The lowest BCUT2D eigenvalue weighted by Crippen LogP contribution is -2.29. The molecule has 0 atom stereocenters. The summed E-state index contributed by atoms with van der Waals surface area (Å²) in [6.07, 6.45) is 4.43. The maximum absolute atomic E-state index is 12.3. The molecule has 7 heteroatoms. The lowest BCUT2D eigenvalue weighted by Gasteiger charge is -2.08. The third kappa shape index (κ3) is 3.61. The van der Waals surface area contributed by atoms with Crippen LogP contribution in [0.4, 0.5) is 5.69 Å². The van der Waals surface area contributed by atoms with Crippen LogP contribution >= 0.6 is 0 Å². The van der Waals surface area contributed by atoms with Gasteiger partial charge in [-0.1, -0.05) is 18.7 Å². The van der Waals surface area contributed by atoms with E-state index in [1.165, 1.54) is 6.08 Å². The normalized spacial score (nSPS) is 10.7. The SMILES string of the molecule is C=CC(=O)Nc1cccc(-c2cnc3[nH]cc(C(=O)NC(C)C)c3n2)c1. The molecule has 2 aromatic heterocycles. The van der Waals surface area contributed by atoms with Gasteiger partial charge in [-0.05, 0) is 32.1 Å². The van der Waals surface area contributed by atoms with Crippen molar-refractivity contribution in [1.29, 1.82) is 0 Å². The highest BCUT2D eigenvalue weighted by atomic mass is 16.2. The second-order valence-corrected chi connectivity index (χ2v) is 6.06. The molecule has 0 saturated heterocycles. The van der Waals surface area contributed by atoms with E-state index in [-0.39, 0.29) is 17.9 Å². The standard InChI is InChI=1S/C19H19N5O2/c1-4-16(25)23-13-7-5-6-12(8-13)15-10-21-18-17(24-15)14(9-20-18)19(26)22-11(2)3/h4-11H,1H2,2-3H3,(H,20,21)(H,22,26)(H,23,25). The fourth-order valence-electron chi connectivity index (χ4n) is 2.49. The molecule has 0 bridgehead atoms. The first-order valence-corrected chi connectivity index (χ1v) is 8.16. The molecular weight excluding hydrogens is 330 g/mol. The third-order valence-corrected chi connectivity index (χ3v) is 3.66. The summed E-state index contributed by atoms with van der Waals surface area (Å²) in [6, 6.07) is 7.25. The third-order valence-electron chi connectivity index (χ3n) is 3.66. The summed E-state index contributed by atoms with van der Waals surface area (Å²) in [7, 11) is 0. The fourth-order valence-corrected chi connectivity index (χ4v) is 2.49. The van der Waals surface area contributed by atoms with Crippen LogP contribution in [0.5, 0.6) is 0 Å². The highest BCUT2D eigenvalue weighted by Crippen LogP contribution is 2.23. The molecule has 26 heavy (non-hydrogen) atoms. The number of hydrogen-bond acceptors (Lipinski definition) is 4. The molecule has 0 aliphatic rings. The molecule has 1 aromatic carbocycles. The van der Waals surface area contributed by atoms with E-state index >= 15 is 0 Å². The van der Waals surface area contributed by atoms with Gasteiger partial charge in [0.2, 0.25) is 5.91 Å². The van der Waals surface area contributed by atoms with Gasteiger partial charge >= 0.3 is 0 Å². The Balaban J connectivity index is 1.98. The largest absolute Gasteiger partial charge is 0.350 e. The van der Waals surface area contributed by atoms with Crippen LogP contribution in [0, 0.1) is 0 Å². The van der Waals surface area contributed by atoms with E-state index in [2.05, 4.69) is 32.2 Å². The first-order valence-electron chi connectivity index (χ1n) is 8.16. The summed E-state index contributed by atoms with van der Waals surface area (Å²) in [6.45, 7) is 7.23. The van der Waals surface area contributed by atoms with E-state index < -0.39 is 0 Å². The number of carbonyl (C=O) groups is 2. The number of aromatic nitrogens is 3. The molecule has 2 amide bonds. The lowest BCUT2D eigenvalue weighted by molar-refractivity contribution is -0.111. The van der Waals surface area contributed by atoms with Gasteiger partial charge in [-0.25, -0.2) is 9.97 Å². The van der Waals surface area contributed by atoms with Gasteiger partial charge in [0, 0.05) is 23.5 Å². The maximum Gasteiger partial charge on any atom is 0.255 e. The van der Waals surface area contributed by atoms with Crippen molar-refractivity contribution in [2.75, 3.05) is 5.32 Å². The number of aromatic amines is 1. The van der Waals surface area contributed by atoms with Crippen LogP contribution in [0.25, 0.3) is 22.4 Å². The van der Waals surface area contributed by atoms with Gasteiger partial charge in [0.1, 0.15) is 5.52 Å². The Morgan fingerprint density at radius 3 is 2.85 bits per heavy atom. The fraction of sp³-hybridized carbons (Fsp3) is 0.158. The molecule has 0 aliphatic carbocycles. The summed E-state index contributed by atoms with van der Waals surface area (Å²) in [5.41, 5.74) is 3.49. The molecule has 132 valence electrons. The second kappa shape index (κ2) is 7.18. The van der Waals surface area contributed by atoms with Crippen molar-refractivity contribution in [2.24, 2.45) is 0 Å². The Bertz CT molecular complexity index is 991. The minimum Gasteiger partial charge on any atom is -0.350 e. The number of amides is 2. The minimum absolute atomic E-state index is 0.0220. The summed E-state index contributed by atoms with van der Waals surface area (Å²) >= 11 is 0. The Hall–Kier alpha value is -3.48. The molecular formula is C19H19N5O2.